The van der Waals surface area contributed by atoms with E-state index in [1.54, 1.807) is 25.3 Å². The number of nitrogens with one attached hydrogen (secondary N) is 1. The number of carbonyl (C=O) groups is 1. The molecule has 0 saturated carbocycles. The van der Waals surface area contributed by atoms with Crippen molar-refractivity contribution in [2.24, 2.45) is 0 Å². The molecule has 164 valence electrons. The number of para-hydroxylation sites is 1. The van der Waals surface area contributed by atoms with Crippen LogP contribution < -0.4 is 10.1 Å². The summed E-state index contributed by atoms with van der Waals surface area (Å²) in [5, 5.41) is 7.59. The molecule has 31 heavy (non-hydrogen) atoms. The number of aromatic nitrogens is 3. The molecule has 8 nitrogen and oxygen atoms in total. The van der Waals surface area contributed by atoms with Crippen LogP contribution in [-0.2, 0) is 17.8 Å². The van der Waals surface area contributed by atoms with Crippen LogP contribution in [0.2, 0.25) is 0 Å². The Labute approximate surface area is 182 Å². The van der Waals surface area contributed by atoms with Gasteiger partial charge in [-0.1, -0.05) is 24.3 Å². The number of methoxy groups -OCH3 is 1. The summed E-state index contributed by atoms with van der Waals surface area (Å²) in [5.74, 6) is 0.498. The lowest BCUT2D eigenvalue weighted by atomic mass is 10.2. The highest BCUT2D eigenvalue weighted by Crippen LogP contribution is 2.19. The Bertz CT molecular complexity index is 1000. The van der Waals surface area contributed by atoms with Gasteiger partial charge in [-0.05, 0) is 32.0 Å². The minimum absolute atomic E-state index is 0.182. The summed E-state index contributed by atoms with van der Waals surface area (Å²) in [6, 6.07) is 13.5. The minimum atomic E-state index is -0.182. The SMILES string of the molecule is COCCOc1ncccc1CNC(=O)N(C)Cc1c(C)nn(-c2ccccc2)c1C. The molecule has 0 bridgehead atoms. The smallest absolute Gasteiger partial charge is 0.317 e. The summed E-state index contributed by atoms with van der Waals surface area (Å²) in [5.41, 5.74) is 4.77. The predicted molar refractivity (Wildman–Crippen MR) is 118 cm³/mol. The second-order valence-electron chi connectivity index (χ2n) is 7.22. The van der Waals surface area contributed by atoms with Crippen molar-refractivity contribution >= 4 is 6.03 Å². The van der Waals surface area contributed by atoms with Gasteiger partial charge in [0.05, 0.1) is 24.5 Å². The molecular weight excluding hydrogens is 394 g/mol. The highest BCUT2D eigenvalue weighted by molar-refractivity contribution is 5.74. The summed E-state index contributed by atoms with van der Waals surface area (Å²) in [7, 11) is 3.39. The molecule has 0 spiro atoms. The van der Waals surface area contributed by atoms with Crippen LogP contribution in [0.25, 0.3) is 5.69 Å². The third-order valence-electron chi connectivity index (χ3n) is 4.99. The van der Waals surface area contributed by atoms with Gasteiger partial charge in [0.25, 0.3) is 0 Å². The van der Waals surface area contributed by atoms with Crippen LogP contribution in [0.5, 0.6) is 5.88 Å². The van der Waals surface area contributed by atoms with Gasteiger partial charge in [-0.3, -0.25) is 0 Å². The summed E-state index contributed by atoms with van der Waals surface area (Å²) >= 11 is 0. The van der Waals surface area contributed by atoms with Gasteiger partial charge in [-0.25, -0.2) is 14.5 Å². The Balaban J connectivity index is 1.63. The molecule has 8 heteroatoms. The Morgan fingerprint density at radius 3 is 2.65 bits per heavy atom. The number of aryl methyl sites for hydroxylation is 1. The lowest BCUT2D eigenvalue weighted by molar-refractivity contribution is 0.143. The molecule has 3 rings (SSSR count). The molecular formula is C23H29N5O3. The van der Waals surface area contributed by atoms with E-state index in [1.165, 1.54) is 0 Å². The summed E-state index contributed by atoms with van der Waals surface area (Å²) < 4.78 is 12.5. The molecule has 0 aliphatic rings. The van der Waals surface area contributed by atoms with E-state index in [2.05, 4.69) is 15.4 Å². The zero-order chi connectivity index (χ0) is 22.2. The number of ether oxygens (including phenoxy) is 2. The molecule has 0 radical (unpaired) electrons. The zero-order valence-corrected chi connectivity index (χ0v) is 18.5. The van der Waals surface area contributed by atoms with Crippen molar-refractivity contribution in [1.82, 2.24) is 25.0 Å². The lowest BCUT2D eigenvalue weighted by Crippen LogP contribution is -2.36. The van der Waals surface area contributed by atoms with Crippen LogP contribution in [0.4, 0.5) is 4.79 Å². The van der Waals surface area contributed by atoms with Crippen LogP contribution in [0.1, 0.15) is 22.5 Å². The second kappa shape index (κ2) is 10.6. The standard InChI is InChI=1S/C23H29N5O3/c1-17-21(18(2)28(26-17)20-10-6-5-7-11-20)16-27(3)23(29)25-15-19-9-8-12-24-22(19)31-14-13-30-4/h5-12H,13-16H2,1-4H3,(H,25,29). The maximum Gasteiger partial charge on any atom is 0.317 e. The molecule has 0 aliphatic carbocycles. The fourth-order valence-electron chi connectivity index (χ4n) is 3.25. The monoisotopic (exact) mass is 423 g/mol. The van der Waals surface area contributed by atoms with Gasteiger partial charge in [0.2, 0.25) is 5.88 Å². The highest BCUT2D eigenvalue weighted by Gasteiger charge is 2.17. The first-order valence-electron chi connectivity index (χ1n) is 10.2. The zero-order valence-electron chi connectivity index (χ0n) is 18.5. The van der Waals surface area contributed by atoms with Crippen LogP contribution in [-0.4, -0.2) is 53.1 Å². The molecule has 0 fully saturated rings. The molecule has 2 heterocycles. The van der Waals surface area contributed by atoms with Crippen molar-refractivity contribution in [3.8, 4) is 11.6 Å². The van der Waals surface area contributed by atoms with Crippen molar-refractivity contribution in [3.63, 3.8) is 0 Å². The number of carbonyl (C=O) groups excluding carboxylic acids is 1. The Morgan fingerprint density at radius 1 is 1.13 bits per heavy atom. The van der Waals surface area contributed by atoms with Crippen molar-refractivity contribution in [3.05, 3.63) is 71.2 Å². The molecule has 1 N–H and O–H groups in total. The first kappa shape index (κ1) is 22.3. The molecule has 0 saturated heterocycles. The Morgan fingerprint density at radius 2 is 1.90 bits per heavy atom. The van der Waals surface area contributed by atoms with Gasteiger partial charge < -0.3 is 19.7 Å². The van der Waals surface area contributed by atoms with Crippen molar-refractivity contribution in [2.45, 2.75) is 26.9 Å². The molecule has 2 aromatic heterocycles. The molecule has 0 atom stereocenters. The van der Waals surface area contributed by atoms with Crippen molar-refractivity contribution in [2.75, 3.05) is 27.4 Å². The van der Waals surface area contributed by atoms with E-state index in [-0.39, 0.29) is 6.03 Å². The maximum atomic E-state index is 12.7. The van der Waals surface area contributed by atoms with Gasteiger partial charge in [0, 0.05) is 43.7 Å². The molecule has 0 unspecified atom stereocenters. The molecule has 2 amide bonds. The third kappa shape index (κ3) is 5.61. The minimum Gasteiger partial charge on any atom is -0.475 e. The van der Waals surface area contributed by atoms with Crippen molar-refractivity contribution < 1.29 is 14.3 Å². The molecule has 1 aromatic carbocycles. The number of nitrogens with zero attached hydrogens (tertiary/aromatic N) is 4. The largest absolute Gasteiger partial charge is 0.475 e. The van der Waals surface area contributed by atoms with Gasteiger partial charge in [0.15, 0.2) is 0 Å². The molecule has 3 aromatic rings. The van der Waals surface area contributed by atoms with Gasteiger partial charge in [-0.15, -0.1) is 0 Å². The van der Waals surface area contributed by atoms with E-state index in [9.17, 15) is 4.79 Å². The summed E-state index contributed by atoms with van der Waals surface area (Å²) in [4.78, 5) is 18.6. The average molecular weight is 424 g/mol. The summed E-state index contributed by atoms with van der Waals surface area (Å²) in [6.07, 6.45) is 1.66. The van der Waals surface area contributed by atoms with Crippen LogP contribution in [0.15, 0.2) is 48.7 Å². The third-order valence-corrected chi connectivity index (χ3v) is 4.99. The molecule has 0 aliphatic heterocycles. The number of amides is 2. The fraction of sp³-hybridized carbons (Fsp3) is 0.348. The number of hydrogen-bond acceptors (Lipinski definition) is 5. The number of benzene rings is 1. The van der Waals surface area contributed by atoms with Crippen LogP contribution in [0, 0.1) is 13.8 Å². The van der Waals surface area contributed by atoms with E-state index in [1.807, 2.05) is 61.0 Å². The first-order chi connectivity index (χ1) is 15.0. The Hall–Kier alpha value is -3.39. The van der Waals surface area contributed by atoms with E-state index in [4.69, 9.17) is 9.47 Å². The lowest BCUT2D eigenvalue weighted by Gasteiger charge is -2.19. The number of rotatable bonds is 9. The fourth-order valence-corrected chi connectivity index (χ4v) is 3.25. The normalized spacial score (nSPS) is 10.7. The predicted octanol–water partition coefficient (Wildman–Crippen LogP) is 3.25. The van der Waals surface area contributed by atoms with Crippen LogP contribution >= 0.6 is 0 Å². The van der Waals surface area contributed by atoms with Gasteiger partial charge in [0.1, 0.15) is 6.61 Å². The van der Waals surface area contributed by atoms with Gasteiger partial charge in [-0.2, -0.15) is 5.10 Å². The van der Waals surface area contributed by atoms with E-state index in [0.717, 1.165) is 28.2 Å². The topological polar surface area (TPSA) is 81.5 Å². The summed E-state index contributed by atoms with van der Waals surface area (Å²) in [6.45, 7) is 5.64. The van der Waals surface area contributed by atoms with Crippen molar-refractivity contribution in [1.29, 1.82) is 0 Å². The Kier molecular flexibility index (Phi) is 7.61. The van der Waals surface area contributed by atoms with E-state index in [0.29, 0.717) is 32.2 Å². The number of pyridine rings is 1. The number of urea groups is 1. The average Bonchev–Trinajstić information content (AvgIpc) is 3.07. The van der Waals surface area contributed by atoms with Gasteiger partial charge >= 0.3 is 6.03 Å². The highest BCUT2D eigenvalue weighted by atomic mass is 16.5. The number of hydrogen-bond donors (Lipinski definition) is 1. The van der Waals surface area contributed by atoms with E-state index < -0.39 is 0 Å². The maximum absolute atomic E-state index is 12.7. The van der Waals surface area contributed by atoms with E-state index >= 15 is 0 Å². The first-order valence-corrected chi connectivity index (χ1v) is 10.2. The van der Waals surface area contributed by atoms with Crippen LogP contribution in [0.3, 0.4) is 0 Å². The second-order valence-corrected chi connectivity index (χ2v) is 7.22. The quantitative estimate of drug-likeness (QED) is 0.535.